The predicted molar refractivity (Wildman–Crippen MR) is 108 cm³/mol. The van der Waals surface area contributed by atoms with Crippen LogP contribution in [-0.2, 0) is 0 Å². The zero-order valence-corrected chi connectivity index (χ0v) is 15.9. The molecule has 0 aromatic heterocycles. The fourth-order valence-corrected chi connectivity index (χ4v) is 3.29. The van der Waals surface area contributed by atoms with Gasteiger partial charge in [0.05, 0.1) is 19.9 Å². The lowest BCUT2D eigenvalue weighted by Crippen LogP contribution is -2.38. The van der Waals surface area contributed by atoms with Crippen molar-refractivity contribution in [3.63, 3.8) is 0 Å². The average Bonchev–Trinajstić information content (AvgIpc) is 2.70. The molecule has 2 amide bonds. The zero-order valence-electron chi connectivity index (χ0n) is 15.9. The summed E-state index contributed by atoms with van der Waals surface area (Å²) < 4.78 is 10.6. The van der Waals surface area contributed by atoms with Crippen LogP contribution in [0.4, 0.5) is 21.9 Å². The number of hydrogen-bond acceptors (Lipinski definition) is 4. The van der Waals surface area contributed by atoms with Crippen molar-refractivity contribution in [2.45, 2.75) is 38.1 Å². The molecule has 0 saturated heterocycles. The minimum absolute atomic E-state index is 0.139. The molecule has 0 unspecified atom stereocenters. The number of methoxy groups -OCH3 is 2. The maximum Gasteiger partial charge on any atom is 0.319 e. The quantitative estimate of drug-likeness (QED) is 0.677. The minimum Gasteiger partial charge on any atom is -0.497 e. The number of carbonyl (C=O) groups excluding carboxylic acids is 1. The van der Waals surface area contributed by atoms with Crippen LogP contribution in [0.1, 0.15) is 32.1 Å². The topological polar surface area (TPSA) is 71.6 Å². The third-order valence-corrected chi connectivity index (χ3v) is 4.77. The number of carbonyl (C=O) groups is 1. The van der Waals surface area contributed by atoms with Gasteiger partial charge in [0.25, 0.3) is 0 Å². The molecule has 2 aromatic carbocycles. The van der Waals surface area contributed by atoms with Gasteiger partial charge in [-0.2, -0.15) is 0 Å². The first-order valence-electron chi connectivity index (χ1n) is 9.34. The Kier molecular flexibility index (Phi) is 6.41. The summed E-state index contributed by atoms with van der Waals surface area (Å²) in [6.07, 6.45) is 5.80. The molecule has 1 fully saturated rings. The molecule has 1 saturated carbocycles. The average molecular weight is 369 g/mol. The lowest BCUT2D eigenvalue weighted by molar-refractivity contribution is 0.244. The van der Waals surface area contributed by atoms with Gasteiger partial charge in [-0.1, -0.05) is 19.3 Å². The summed E-state index contributed by atoms with van der Waals surface area (Å²) in [7, 11) is 3.25. The summed E-state index contributed by atoms with van der Waals surface area (Å²) in [5.74, 6) is 1.43. The van der Waals surface area contributed by atoms with Crippen LogP contribution in [0.25, 0.3) is 0 Å². The number of rotatable bonds is 6. The molecule has 0 atom stereocenters. The van der Waals surface area contributed by atoms with Crippen molar-refractivity contribution in [1.82, 2.24) is 5.32 Å². The third-order valence-electron chi connectivity index (χ3n) is 4.77. The highest BCUT2D eigenvalue weighted by Gasteiger charge is 2.15. The SMILES string of the molecule is COc1ccc(Nc2ccc(NC(=O)NC3CCCCC3)cc2)c(OC)c1. The van der Waals surface area contributed by atoms with Crippen LogP contribution < -0.4 is 25.4 Å². The van der Waals surface area contributed by atoms with Crippen molar-refractivity contribution in [3.8, 4) is 11.5 Å². The second-order valence-electron chi connectivity index (χ2n) is 6.70. The van der Waals surface area contributed by atoms with Gasteiger partial charge in [-0.3, -0.25) is 0 Å². The fraction of sp³-hybridized carbons (Fsp3) is 0.381. The van der Waals surface area contributed by atoms with Gasteiger partial charge in [0.15, 0.2) is 0 Å². The highest BCUT2D eigenvalue weighted by Crippen LogP contribution is 2.31. The summed E-state index contributed by atoms with van der Waals surface area (Å²) in [5, 5.41) is 9.26. The molecule has 6 heteroatoms. The first-order chi connectivity index (χ1) is 13.2. The molecule has 0 spiro atoms. The van der Waals surface area contributed by atoms with Crippen molar-refractivity contribution in [3.05, 3.63) is 42.5 Å². The molecule has 0 radical (unpaired) electrons. The van der Waals surface area contributed by atoms with Crippen LogP contribution in [0.15, 0.2) is 42.5 Å². The van der Waals surface area contributed by atoms with Crippen LogP contribution in [0.2, 0.25) is 0 Å². The van der Waals surface area contributed by atoms with E-state index in [-0.39, 0.29) is 6.03 Å². The van der Waals surface area contributed by atoms with Crippen LogP contribution in [0.5, 0.6) is 11.5 Å². The third kappa shape index (κ3) is 5.29. The number of benzene rings is 2. The van der Waals surface area contributed by atoms with Gasteiger partial charge in [0.2, 0.25) is 0 Å². The highest BCUT2D eigenvalue weighted by atomic mass is 16.5. The molecule has 0 heterocycles. The molecular weight excluding hydrogens is 342 g/mol. The van der Waals surface area contributed by atoms with Crippen LogP contribution in [0, 0.1) is 0 Å². The van der Waals surface area contributed by atoms with Crippen molar-refractivity contribution in [2.24, 2.45) is 0 Å². The molecule has 0 aliphatic heterocycles. The van der Waals surface area contributed by atoms with E-state index in [9.17, 15) is 4.79 Å². The summed E-state index contributed by atoms with van der Waals surface area (Å²) in [5.41, 5.74) is 2.50. The maximum absolute atomic E-state index is 12.1. The second-order valence-corrected chi connectivity index (χ2v) is 6.70. The first-order valence-corrected chi connectivity index (χ1v) is 9.34. The van der Waals surface area contributed by atoms with Crippen molar-refractivity contribution >= 4 is 23.1 Å². The van der Waals surface area contributed by atoms with Crippen molar-refractivity contribution in [1.29, 1.82) is 0 Å². The van der Waals surface area contributed by atoms with Crippen LogP contribution in [-0.4, -0.2) is 26.3 Å². The van der Waals surface area contributed by atoms with Gasteiger partial charge in [-0.15, -0.1) is 0 Å². The van der Waals surface area contributed by atoms with E-state index in [4.69, 9.17) is 9.47 Å². The second kappa shape index (κ2) is 9.16. The normalized spacial score (nSPS) is 14.3. The van der Waals surface area contributed by atoms with E-state index in [1.165, 1.54) is 19.3 Å². The lowest BCUT2D eigenvalue weighted by atomic mass is 9.96. The van der Waals surface area contributed by atoms with Gasteiger partial charge < -0.3 is 25.4 Å². The Hall–Kier alpha value is -2.89. The summed E-state index contributed by atoms with van der Waals surface area (Å²) in [4.78, 5) is 12.1. The fourth-order valence-electron chi connectivity index (χ4n) is 3.29. The Bertz CT molecular complexity index is 756. The number of anilines is 3. The van der Waals surface area contributed by atoms with E-state index >= 15 is 0 Å². The Balaban J connectivity index is 1.57. The van der Waals surface area contributed by atoms with Crippen molar-refractivity contribution < 1.29 is 14.3 Å². The zero-order chi connectivity index (χ0) is 19.1. The number of nitrogens with one attached hydrogen (secondary N) is 3. The van der Waals surface area contributed by atoms with E-state index in [1.54, 1.807) is 14.2 Å². The maximum atomic E-state index is 12.1. The Morgan fingerprint density at radius 2 is 1.63 bits per heavy atom. The van der Waals surface area contributed by atoms with E-state index in [1.807, 2.05) is 42.5 Å². The molecule has 0 bridgehead atoms. The standard InChI is InChI=1S/C21H27N3O3/c1-26-18-12-13-19(20(14-18)27-2)22-16-8-10-17(11-9-16)24-21(25)23-15-6-4-3-5-7-15/h8-15,22H,3-7H2,1-2H3,(H2,23,24,25). The lowest BCUT2D eigenvalue weighted by Gasteiger charge is -2.22. The van der Waals surface area contributed by atoms with Gasteiger partial charge in [-0.05, 0) is 49.2 Å². The van der Waals surface area contributed by atoms with Crippen LogP contribution >= 0.6 is 0 Å². The van der Waals surface area contributed by atoms with E-state index < -0.39 is 0 Å². The Labute approximate surface area is 160 Å². The van der Waals surface area contributed by atoms with E-state index in [2.05, 4.69) is 16.0 Å². The van der Waals surface area contributed by atoms with Gasteiger partial charge in [-0.25, -0.2) is 4.79 Å². The minimum atomic E-state index is -0.139. The smallest absolute Gasteiger partial charge is 0.319 e. The van der Waals surface area contributed by atoms with E-state index in [0.717, 1.165) is 35.7 Å². The Morgan fingerprint density at radius 1 is 0.926 bits per heavy atom. The summed E-state index contributed by atoms with van der Waals surface area (Å²) >= 11 is 0. The molecular formula is C21H27N3O3. The molecule has 3 rings (SSSR count). The monoisotopic (exact) mass is 369 g/mol. The molecule has 2 aromatic rings. The molecule has 1 aliphatic rings. The molecule has 3 N–H and O–H groups in total. The molecule has 144 valence electrons. The summed E-state index contributed by atoms with van der Waals surface area (Å²) in [6, 6.07) is 13.3. The molecule has 27 heavy (non-hydrogen) atoms. The van der Waals surface area contributed by atoms with Gasteiger partial charge in [0.1, 0.15) is 11.5 Å². The first kappa shape index (κ1) is 18.9. The Morgan fingerprint density at radius 3 is 2.30 bits per heavy atom. The van der Waals surface area contributed by atoms with Gasteiger partial charge >= 0.3 is 6.03 Å². The largest absolute Gasteiger partial charge is 0.497 e. The number of urea groups is 1. The van der Waals surface area contributed by atoms with Crippen LogP contribution in [0.3, 0.4) is 0 Å². The summed E-state index contributed by atoms with van der Waals surface area (Å²) in [6.45, 7) is 0. The van der Waals surface area contributed by atoms with E-state index in [0.29, 0.717) is 11.8 Å². The molecule has 1 aliphatic carbocycles. The predicted octanol–water partition coefficient (Wildman–Crippen LogP) is 4.90. The highest BCUT2D eigenvalue weighted by molar-refractivity contribution is 5.89. The molecule has 6 nitrogen and oxygen atoms in total. The number of ether oxygens (including phenoxy) is 2. The number of hydrogen-bond donors (Lipinski definition) is 3. The number of amides is 2. The van der Waals surface area contributed by atoms with Crippen molar-refractivity contribution in [2.75, 3.05) is 24.9 Å². The van der Waals surface area contributed by atoms with Gasteiger partial charge in [0, 0.05) is 23.5 Å².